The molecule has 4 heteroatoms. The predicted octanol–water partition coefficient (Wildman–Crippen LogP) is 3.11. The minimum absolute atomic E-state index is 0.628. The minimum atomic E-state index is 0.628. The van der Waals surface area contributed by atoms with Crippen LogP contribution in [0.2, 0.25) is 5.02 Å². The van der Waals surface area contributed by atoms with Crippen LogP contribution >= 0.6 is 34.5 Å². The van der Waals surface area contributed by atoms with Crippen molar-refractivity contribution in [3.8, 4) is 5.75 Å². The smallest absolute Gasteiger partial charge is 0.139 e. The van der Waals surface area contributed by atoms with Gasteiger partial charge in [-0.2, -0.15) is 0 Å². The van der Waals surface area contributed by atoms with Crippen molar-refractivity contribution < 1.29 is 4.74 Å². The van der Waals surface area contributed by atoms with E-state index in [0.717, 1.165) is 5.69 Å². The number of nitrogens with one attached hydrogen (secondary N) is 1. The third-order valence-corrected chi connectivity index (χ3v) is 2.20. The SMILES string of the molecule is COc1cc(NI)ccc1Cl. The normalized spacial score (nSPS) is 9.36. The molecule has 0 heterocycles. The molecule has 2 nitrogen and oxygen atoms in total. The summed E-state index contributed by atoms with van der Waals surface area (Å²) >= 11 is 7.85. The first-order valence-electron chi connectivity index (χ1n) is 2.98. The van der Waals surface area contributed by atoms with E-state index in [4.69, 9.17) is 16.3 Å². The highest BCUT2D eigenvalue weighted by Crippen LogP contribution is 2.27. The van der Waals surface area contributed by atoms with E-state index in [0.29, 0.717) is 10.8 Å². The maximum absolute atomic E-state index is 5.80. The van der Waals surface area contributed by atoms with Crippen LogP contribution in [-0.2, 0) is 0 Å². The summed E-state index contributed by atoms with van der Waals surface area (Å²) in [5, 5.41) is 0.628. The van der Waals surface area contributed by atoms with Crippen LogP contribution < -0.4 is 8.27 Å². The van der Waals surface area contributed by atoms with Gasteiger partial charge >= 0.3 is 0 Å². The van der Waals surface area contributed by atoms with Crippen molar-refractivity contribution in [3.63, 3.8) is 0 Å². The Morgan fingerprint density at radius 1 is 1.55 bits per heavy atom. The van der Waals surface area contributed by atoms with E-state index >= 15 is 0 Å². The van der Waals surface area contributed by atoms with Crippen LogP contribution in [-0.4, -0.2) is 7.11 Å². The summed E-state index contributed by atoms with van der Waals surface area (Å²) in [5.41, 5.74) is 0.979. The van der Waals surface area contributed by atoms with Crippen molar-refractivity contribution in [3.05, 3.63) is 23.2 Å². The Balaban J connectivity index is 3.02. The third-order valence-electron chi connectivity index (χ3n) is 1.26. The standard InChI is InChI=1S/C7H7ClINO/c1-11-7-4-5(10-9)2-3-6(7)8/h2-4,10H,1H3. The van der Waals surface area contributed by atoms with E-state index in [-0.39, 0.29) is 0 Å². The molecule has 1 N–H and O–H groups in total. The van der Waals surface area contributed by atoms with Gasteiger partial charge in [0, 0.05) is 11.8 Å². The van der Waals surface area contributed by atoms with Gasteiger partial charge in [0.15, 0.2) is 0 Å². The fourth-order valence-corrected chi connectivity index (χ4v) is 1.25. The van der Waals surface area contributed by atoms with Gasteiger partial charge in [0.2, 0.25) is 0 Å². The maximum atomic E-state index is 5.80. The van der Waals surface area contributed by atoms with Gasteiger partial charge in [0.05, 0.1) is 35.0 Å². The molecule has 0 bridgehead atoms. The van der Waals surface area contributed by atoms with Gasteiger partial charge < -0.3 is 8.27 Å². The van der Waals surface area contributed by atoms with E-state index in [1.165, 1.54) is 0 Å². The molecule has 0 fully saturated rings. The van der Waals surface area contributed by atoms with Gasteiger partial charge in [-0.1, -0.05) is 11.6 Å². The molecule has 11 heavy (non-hydrogen) atoms. The number of anilines is 1. The number of benzene rings is 1. The number of hydrogen-bond acceptors (Lipinski definition) is 2. The van der Waals surface area contributed by atoms with Crippen molar-refractivity contribution in [1.82, 2.24) is 0 Å². The Hall–Kier alpha value is -0.160. The highest BCUT2D eigenvalue weighted by Gasteiger charge is 1.99. The summed E-state index contributed by atoms with van der Waals surface area (Å²) in [6, 6.07) is 5.52. The summed E-state index contributed by atoms with van der Waals surface area (Å²) in [6.07, 6.45) is 0. The highest BCUT2D eigenvalue weighted by atomic mass is 127. The molecule has 0 aliphatic rings. The first-order valence-corrected chi connectivity index (χ1v) is 4.44. The summed E-state index contributed by atoms with van der Waals surface area (Å²) in [6.45, 7) is 0. The Labute approximate surface area is 84.4 Å². The lowest BCUT2D eigenvalue weighted by Crippen LogP contribution is -1.85. The van der Waals surface area contributed by atoms with Gasteiger partial charge in [-0.05, 0) is 12.1 Å². The van der Waals surface area contributed by atoms with Crippen LogP contribution in [0.5, 0.6) is 5.75 Å². The summed E-state index contributed by atoms with van der Waals surface area (Å²) < 4.78 is 7.97. The number of halogens is 2. The van der Waals surface area contributed by atoms with Gasteiger partial charge in [0.1, 0.15) is 5.75 Å². The molecule has 1 rings (SSSR count). The maximum Gasteiger partial charge on any atom is 0.139 e. The third kappa shape index (κ3) is 2.13. The Kier molecular flexibility index (Phi) is 3.26. The highest BCUT2D eigenvalue weighted by molar-refractivity contribution is 14.1. The molecule has 0 amide bonds. The topological polar surface area (TPSA) is 21.3 Å². The van der Waals surface area contributed by atoms with Crippen LogP contribution in [0, 0.1) is 0 Å². The zero-order valence-corrected chi connectivity index (χ0v) is 8.81. The van der Waals surface area contributed by atoms with E-state index in [1.807, 2.05) is 35.0 Å². The van der Waals surface area contributed by atoms with Crippen LogP contribution in [0.3, 0.4) is 0 Å². The molecular formula is C7H7ClINO. The van der Waals surface area contributed by atoms with Crippen molar-refractivity contribution in [2.45, 2.75) is 0 Å². The second-order valence-corrected chi connectivity index (χ2v) is 2.89. The molecule has 0 radical (unpaired) electrons. The van der Waals surface area contributed by atoms with Crippen molar-refractivity contribution in [1.29, 1.82) is 0 Å². The lowest BCUT2D eigenvalue weighted by Gasteiger charge is -2.04. The van der Waals surface area contributed by atoms with Crippen LogP contribution in [0.15, 0.2) is 18.2 Å². The number of methoxy groups -OCH3 is 1. The van der Waals surface area contributed by atoms with Crippen molar-refractivity contribution >= 4 is 40.2 Å². The van der Waals surface area contributed by atoms with Gasteiger partial charge in [0.25, 0.3) is 0 Å². The summed E-state index contributed by atoms with van der Waals surface area (Å²) in [4.78, 5) is 0. The number of hydrogen-bond donors (Lipinski definition) is 1. The zero-order valence-electron chi connectivity index (χ0n) is 5.90. The van der Waals surface area contributed by atoms with Crippen LogP contribution in [0.4, 0.5) is 5.69 Å². The molecule has 0 unspecified atom stereocenters. The van der Waals surface area contributed by atoms with E-state index in [2.05, 4.69) is 3.53 Å². The first kappa shape index (κ1) is 8.93. The lowest BCUT2D eigenvalue weighted by atomic mass is 10.3. The quantitative estimate of drug-likeness (QED) is 0.665. The number of ether oxygens (including phenoxy) is 1. The van der Waals surface area contributed by atoms with Crippen molar-refractivity contribution in [2.24, 2.45) is 0 Å². The molecule has 0 spiro atoms. The molecule has 0 aliphatic heterocycles. The second kappa shape index (κ2) is 4.01. The fraction of sp³-hybridized carbons (Fsp3) is 0.143. The van der Waals surface area contributed by atoms with Gasteiger partial charge in [-0.15, -0.1) is 0 Å². The minimum Gasteiger partial charge on any atom is -0.495 e. The largest absolute Gasteiger partial charge is 0.495 e. The fourth-order valence-electron chi connectivity index (χ4n) is 0.719. The Morgan fingerprint density at radius 3 is 2.82 bits per heavy atom. The van der Waals surface area contributed by atoms with Crippen LogP contribution in [0.1, 0.15) is 0 Å². The Bertz CT molecular complexity index is 254. The summed E-state index contributed by atoms with van der Waals surface area (Å²) in [5.74, 6) is 0.688. The zero-order chi connectivity index (χ0) is 8.27. The average molecular weight is 283 g/mol. The monoisotopic (exact) mass is 283 g/mol. The Morgan fingerprint density at radius 2 is 2.27 bits per heavy atom. The van der Waals surface area contributed by atoms with E-state index in [9.17, 15) is 0 Å². The van der Waals surface area contributed by atoms with Gasteiger partial charge in [-0.3, -0.25) is 0 Å². The molecule has 1 aromatic carbocycles. The predicted molar refractivity (Wildman–Crippen MR) is 55.6 cm³/mol. The lowest BCUT2D eigenvalue weighted by molar-refractivity contribution is 0.415. The van der Waals surface area contributed by atoms with Gasteiger partial charge in [-0.25, -0.2) is 0 Å². The van der Waals surface area contributed by atoms with E-state index in [1.54, 1.807) is 13.2 Å². The molecule has 0 saturated carbocycles. The molecule has 1 aromatic rings. The first-order chi connectivity index (χ1) is 5.27. The molecule has 0 aromatic heterocycles. The van der Waals surface area contributed by atoms with E-state index < -0.39 is 0 Å². The average Bonchev–Trinajstić information content (AvgIpc) is 2.05. The van der Waals surface area contributed by atoms with Crippen LogP contribution in [0.25, 0.3) is 0 Å². The molecule has 60 valence electrons. The number of rotatable bonds is 2. The van der Waals surface area contributed by atoms with Crippen molar-refractivity contribution in [2.75, 3.05) is 10.6 Å². The summed E-state index contributed by atoms with van der Waals surface area (Å²) in [7, 11) is 1.60. The molecule has 0 aliphatic carbocycles. The second-order valence-electron chi connectivity index (χ2n) is 1.94. The molecular weight excluding hydrogens is 276 g/mol. The molecule has 0 atom stereocenters. The molecule has 0 saturated heterocycles.